The number of halogens is 1. The molecule has 0 aliphatic heterocycles. The van der Waals surface area contributed by atoms with Crippen LogP contribution in [0.2, 0.25) is 0 Å². The quantitative estimate of drug-likeness (QED) is 0.676. The molecule has 0 saturated carbocycles. The minimum Gasteiger partial charge on any atom is -0.508 e. The van der Waals surface area contributed by atoms with Gasteiger partial charge in [-0.1, -0.05) is 6.07 Å². The number of rotatable bonds is 2. The number of phenols is 1. The Morgan fingerprint density at radius 2 is 2.11 bits per heavy atom. The molecular weight excluding hydrogens is 308 g/mol. The van der Waals surface area contributed by atoms with Crippen molar-refractivity contribution in [3.63, 3.8) is 0 Å². The van der Waals surface area contributed by atoms with Gasteiger partial charge in [0.15, 0.2) is 0 Å². The maximum atomic E-state index is 9.71. The van der Waals surface area contributed by atoms with Crippen molar-refractivity contribution >= 4 is 38.5 Å². The zero-order valence-electron chi connectivity index (χ0n) is 10.1. The minimum absolute atomic E-state index is 0.255. The molecular formula is C13H11BrN4O. The highest BCUT2D eigenvalue weighted by molar-refractivity contribution is 9.10. The average molecular weight is 319 g/mol. The molecule has 2 aromatic heterocycles. The van der Waals surface area contributed by atoms with Crippen molar-refractivity contribution in [3.05, 3.63) is 40.8 Å². The van der Waals surface area contributed by atoms with E-state index in [2.05, 4.69) is 36.2 Å². The van der Waals surface area contributed by atoms with Crippen molar-refractivity contribution in [3.8, 4) is 5.75 Å². The number of hydrogen-bond donors (Lipinski definition) is 3. The fraction of sp³-hybridized carbons (Fsp3) is 0.0769. The summed E-state index contributed by atoms with van der Waals surface area (Å²) < 4.78 is 0.845. The molecule has 0 fully saturated rings. The highest BCUT2D eigenvalue weighted by Crippen LogP contribution is 2.27. The van der Waals surface area contributed by atoms with Crippen LogP contribution in [0, 0.1) is 6.92 Å². The highest BCUT2D eigenvalue weighted by atomic mass is 79.9. The Kier molecular flexibility index (Phi) is 2.87. The number of benzene rings is 1. The first kappa shape index (κ1) is 12.0. The Morgan fingerprint density at radius 3 is 2.89 bits per heavy atom. The van der Waals surface area contributed by atoms with Crippen LogP contribution in [0.5, 0.6) is 5.75 Å². The van der Waals surface area contributed by atoms with Crippen LogP contribution in [-0.4, -0.2) is 20.1 Å². The second kappa shape index (κ2) is 4.55. The summed E-state index contributed by atoms with van der Waals surface area (Å²) in [6, 6.07) is 7.32. The summed E-state index contributed by atoms with van der Waals surface area (Å²) in [5, 5.41) is 13.8. The lowest BCUT2D eigenvalue weighted by Gasteiger charge is -2.07. The topological polar surface area (TPSA) is 73.8 Å². The molecule has 1 aromatic carbocycles. The van der Waals surface area contributed by atoms with Gasteiger partial charge in [-0.25, -0.2) is 9.97 Å². The molecule has 3 aromatic rings. The second-order valence-corrected chi connectivity index (χ2v) is 5.08. The number of hydrogen-bond acceptors (Lipinski definition) is 4. The van der Waals surface area contributed by atoms with E-state index in [0.717, 1.165) is 26.9 Å². The van der Waals surface area contributed by atoms with E-state index < -0.39 is 0 Å². The number of aryl methyl sites for hydroxylation is 1. The summed E-state index contributed by atoms with van der Waals surface area (Å²) in [5.41, 5.74) is 2.36. The van der Waals surface area contributed by atoms with E-state index in [1.807, 2.05) is 25.1 Å². The Balaban J connectivity index is 2.02. The van der Waals surface area contributed by atoms with Crippen LogP contribution in [-0.2, 0) is 0 Å². The maximum Gasteiger partial charge on any atom is 0.143 e. The third kappa shape index (κ3) is 2.26. The number of aromatic nitrogens is 3. The molecule has 5 nitrogen and oxygen atoms in total. The number of anilines is 2. The van der Waals surface area contributed by atoms with Crippen LogP contribution in [0.1, 0.15) is 5.56 Å². The lowest BCUT2D eigenvalue weighted by atomic mass is 10.2. The molecule has 6 heteroatoms. The molecule has 0 atom stereocenters. The van der Waals surface area contributed by atoms with Gasteiger partial charge >= 0.3 is 0 Å². The Morgan fingerprint density at radius 1 is 1.26 bits per heavy atom. The van der Waals surface area contributed by atoms with Gasteiger partial charge in [-0.15, -0.1) is 0 Å². The molecule has 0 spiro atoms. The third-order valence-corrected chi connectivity index (χ3v) is 3.29. The number of nitrogens with one attached hydrogen (secondary N) is 2. The molecule has 0 aliphatic rings. The SMILES string of the molecule is Cc1ccc(Nc2ncnc3[nH]c(Br)cc23)cc1O. The van der Waals surface area contributed by atoms with Crippen molar-refractivity contribution in [2.45, 2.75) is 6.92 Å². The van der Waals surface area contributed by atoms with E-state index in [-0.39, 0.29) is 5.75 Å². The molecule has 96 valence electrons. The van der Waals surface area contributed by atoms with Gasteiger partial charge < -0.3 is 15.4 Å². The molecule has 2 heterocycles. The molecule has 0 bridgehead atoms. The molecule has 0 unspecified atom stereocenters. The van der Waals surface area contributed by atoms with E-state index in [9.17, 15) is 5.11 Å². The van der Waals surface area contributed by atoms with E-state index in [1.54, 1.807) is 6.07 Å². The third-order valence-electron chi connectivity index (χ3n) is 2.86. The van der Waals surface area contributed by atoms with Gasteiger partial charge in [0, 0.05) is 11.8 Å². The number of phenolic OH excluding ortho intramolecular Hbond substituents is 1. The second-order valence-electron chi connectivity index (χ2n) is 4.23. The summed E-state index contributed by atoms with van der Waals surface area (Å²) in [6.45, 7) is 1.85. The zero-order chi connectivity index (χ0) is 13.4. The molecule has 19 heavy (non-hydrogen) atoms. The number of nitrogens with zero attached hydrogens (tertiary/aromatic N) is 2. The first-order chi connectivity index (χ1) is 9.13. The predicted molar refractivity (Wildman–Crippen MR) is 77.7 cm³/mol. The van der Waals surface area contributed by atoms with Crippen LogP contribution in [0.3, 0.4) is 0 Å². The summed E-state index contributed by atoms with van der Waals surface area (Å²) >= 11 is 3.37. The maximum absolute atomic E-state index is 9.71. The van der Waals surface area contributed by atoms with E-state index in [4.69, 9.17) is 0 Å². The van der Waals surface area contributed by atoms with Gasteiger partial charge in [0.25, 0.3) is 0 Å². The van der Waals surface area contributed by atoms with Crippen molar-refractivity contribution in [2.24, 2.45) is 0 Å². The molecule has 3 rings (SSSR count). The van der Waals surface area contributed by atoms with Gasteiger partial charge in [-0.3, -0.25) is 0 Å². The minimum atomic E-state index is 0.255. The molecule has 0 aliphatic carbocycles. The van der Waals surface area contributed by atoms with E-state index in [0.29, 0.717) is 5.82 Å². The number of aromatic amines is 1. The monoisotopic (exact) mass is 318 g/mol. The Hall–Kier alpha value is -2.08. The van der Waals surface area contributed by atoms with Crippen LogP contribution in [0.15, 0.2) is 35.2 Å². The highest BCUT2D eigenvalue weighted by Gasteiger charge is 2.07. The fourth-order valence-electron chi connectivity index (χ4n) is 1.83. The zero-order valence-corrected chi connectivity index (χ0v) is 11.7. The van der Waals surface area contributed by atoms with Crippen molar-refractivity contribution < 1.29 is 5.11 Å². The smallest absolute Gasteiger partial charge is 0.143 e. The molecule has 3 N–H and O–H groups in total. The van der Waals surface area contributed by atoms with E-state index in [1.165, 1.54) is 6.33 Å². The van der Waals surface area contributed by atoms with Gasteiger partial charge in [0.1, 0.15) is 23.5 Å². The largest absolute Gasteiger partial charge is 0.508 e. The molecule has 0 saturated heterocycles. The first-order valence-corrected chi connectivity index (χ1v) is 6.48. The van der Waals surface area contributed by atoms with Gasteiger partial charge in [-0.05, 0) is 40.5 Å². The Labute approximate surface area is 117 Å². The summed E-state index contributed by atoms with van der Waals surface area (Å²) in [4.78, 5) is 11.5. The van der Waals surface area contributed by atoms with Gasteiger partial charge in [0.2, 0.25) is 0 Å². The van der Waals surface area contributed by atoms with Crippen LogP contribution in [0.4, 0.5) is 11.5 Å². The van der Waals surface area contributed by atoms with Crippen molar-refractivity contribution in [2.75, 3.05) is 5.32 Å². The first-order valence-electron chi connectivity index (χ1n) is 5.69. The fourth-order valence-corrected chi connectivity index (χ4v) is 2.25. The number of H-pyrrole nitrogens is 1. The average Bonchev–Trinajstić information content (AvgIpc) is 2.75. The van der Waals surface area contributed by atoms with Crippen LogP contribution in [0.25, 0.3) is 11.0 Å². The van der Waals surface area contributed by atoms with Crippen LogP contribution < -0.4 is 5.32 Å². The Bertz CT molecular complexity index is 753. The normalized spacial score (nSPS) is 10.8. The van der Waals surface area contributed by atoms with E-state index >= 15 is 0 Å². The van der Waals surface area contributed by atoms with Crippen molar-refractivity contribution in [1.82, 2.24) is 15.0 Å². The van der Waals surface area contributed by atoms with Gasteiger partial charge in [-0.2, -0.15) is 0 Å². The molecule has 0 radical (unpaired) electrons. The predicted octanol–water partition coefficient (Wildman–Crippen LogP) is 3.48. The van der Waals surface area contributed by atoms with Crippen LogP contribution >= 0.6 is 15.9 Å². The summed E-state index contributed by atoms with van der Waals surface area (Å²) in [5.74, 6) is 0.945. The lowest BCUT2D eigenvalue weighted by Crippen LogP contribution is -1.95. The summed E-state index contributed by atoms with van der Waals surface area (Å²) in [7, 11) is 0. The number of fused-ring (bicyclic) bond motifs is 1. The number of aromatic hydroxyl groups is 1. The van der Waals surface area contributed by atoms with Gasteiger partial charge in [0.05, 0.1) is 9.99 Å². The molecule has 0 amide bonds. The standard InChI is InChI=1S/C13H11BrN4O/c1-7-2-3-8(4-10(7)19)17-12-9-5-11(14)18-13(9)16-6-15-12/h2-6,19H,1H3,(H2,15,16,17,18). The lowest BCUT2D eigenvalue weighted by molar-refractivity contribution is 0.471. The summed E-state index contributed by atoms with van der Waals surface area (Å²) in [6.07, 6.45) is 1.49. The van der Waals surface area contributed by atoms with Crippen molar-refractivity contribution in [1.29, 1.82) is 0 Å².